The largest absolute Gasteiger partial charge is 0.487 e. The molecule has 156 valence electrons. The number of hydrogen-bond donors (Lipinski definition) is 2. The van der Waals surface area contributed by atoms with Gasteiger partial charge in [0.2, 0.25) is 0 Å². The second kappa shape index (κ2) is 7.17. The number of carbonyl (C=O) groups is 1. The van der Waals surface area contributed by atoms with Gasteiger partial charge in [0.15, 0.2) is 0 Å². The van der Waals surface area contributed by atoms with E-state index in [1.54, 1.807) is 0 Å². The van der Waals surface area contributed by atoms with Gasteiger partial charge in [0.1, 0.15) is 11.4 Å². The van der Waals surface area contributed by atoms with E-state index in [0.717, 1.165) is 60.3 Å². The molecular weight excluding hydrogens is 374 g/mol. The van der Waals surface area contributed by atoms with Crippen molar-refractivity contribution in [3.63, 3.8) is 0 Å². The van der Waals surface area contributed by atoms with E-state index >= 15 is 0 Å². The number of rotatable bonds is 2. The fourth-order valence-electron chi connectivity index (χ4n) is 4.92. The Morgan fingerprint density at radius 1 is 1.17 bits per heavy atom. The highest BCUT2D eigenvalue weighted by Crippen LogP contribution is 2.44. The predicted molar refractivity (Wildman–Crippen MR) is 119 cm³/mol. The average molecular weight is 404 g/mol. The lowest BCUT2D eigenvalue weighted by molar-refractivity contribution is -0.0195. The van der Waals surface area contributed by atoms with Gasteiger partial charge in [-0.1, -0.05) is 18.2 Å². The van der Waals surface area contributed by atoms with E-state index in [1.165, 1.54) is 5.56 Å². The van der Waals surface area contributed by atoms with Crippen LogP contribution in [-0.4, -0.2) is 41.5 Å². The summed E-state index contributed by atoms with van der Waals surface area (Å²) in [7, 11) is 2.16. The normalized spacial score (nSPS) is 20.7. The number of nitrogens with zero attached hydrogens (tertiary/aromatic N) is 1. The molecule has 2 N–H and O–H groups in total. The number of likely N-dealkylation sites (tertiary alicyclic amines) is 1. The Kier molecular flexibility index (Phi) is 4.58. The van der Waals surface area contributed by atoms with Gasteiger partial charge in [-0.25, -0.2) is 0 Å². The quantitative estimate of drug-likeness (QED) is 0.662. The lowest BCUT2D eigenvalue weighted by Crippen LogP contribution is -2.51. The van der Waals surface area contributed by atoms with Crippen molar-refractivity contribution in [1.29, 1.82) is 0 Å². The van der Waals surface area contributed by atoms with Crippen molar-refractivity contribution in [2.24, 2.45) is 0 Å². The van der Waals surface area contributed by atoms with E-state index in [-0.39, 0.29) is 17.6 Å². The SMILES string of the molecule is Cc1[nH]c2ccc(C(=O)NC3CC4(CCN(C)CC4)Oc4ccccc43)cc2c1C. The van der Waals surface area contributed by atoms with E-state index in [4.69, 9.17) is 4.74 Å². The zero-order chi connectivity index (χ0) is 20.9. The zero-order valence-corrected chi connectivity index (χ0v) is 17.9. The van der Waals surface area contributed by atoms with Crippen molar-refractivity contribution in [2.45, 2.75) is 44.8 Å². The first-order chi connectivity index (χ1) is 14.4. The fraction of sp³-hybridized carbons (Fsp3) is 0.400. The molecule has 1 saturated heterocycles. The number of carbonyl (C=O) groups excluding carboxylic acids is 1. The second-order valence-corrected chi connectivity index (χ2v) is 8.99. The summed E-state index contributed by atoms with van der Waals surface area (Å²) in [5, 5.41) is 4.43. The van der Waals surface area contributed by atoms with Crippen molar-refractivity contribution in [3.8, 4) is 5.75 Å². The molecule has 1 amide bonds. The maximum absolute atomic E-state index is 13.2. The summed E-state index contributed by atoms with van der Waals surface area (Å²) in [4.78, 5) is 19.0. The summed E-state index contributed by atoms with van der Waals surface area (Å²) in [5.41, 5.74) is 4.99. The number of nitrogens with one attached hydrogen (secondary N) is 2. The molecule has 1 atom stereocenters. The Morgan fingerprint density at radius 2 is 1.93 bits per heavy atom. The maximum atomic E-state index is 13.2. The number of fused-ring (bicyclic) bond motifs is 2. The molecule has 5 heteroatoms. The van der Waals surface area contributed by atoms with Crippen LogP contribution in [0.3, 0.4) is 0 Å². The minimum atomic E-state index is -0.197. The summed E-state index contributed by atoms with van der Waals surface area (Å²) < 4.78 is 6.52. The third-order valence-electron chi connectivity index (χ3n) is 6.97. The second-order valence-electron chi connectivity index (χ2n) is 8.99. The van der Waals surface area contributed by atoms with Crippen LogP contribution in [0.4, 0.5) is 0 Å². The molecule has 0 radical (unpaired) electrons. The van der Waals surface area contributed by atoms with Crippen LogP contribution < -0.4 is 10.1 Å². The number of hydrogen-bond acceptors (Lipinski definition) is 3. The van der Waals surface area contributed by atoms with Gasteiger partial charge in [-0.3, -0.25) is 4.79 Å². The van der Waals surface area contributed by atoms with Crippen molar-refractivity contribution in [2.75, 3.05) is 20.1 Å². The molecule has 5 nitrogen and oxygen atoms in total. The van der Waals surface area contributed by atoms with Crippen LogP contribution >= 0.6 is 0 Å². The summed E-state index contributed by atoms with van der Waals surface area (Å²) in [6.45, 7) is 6.20. The molecule has 3 aromatic rings. The predicted octanol–water partition coefficient (Wildman–Crippen LogP) is 4.50. The first kappa shape index (κ1) is 19.2. The number of amides is 1. The van der Waals surface area contributed by atoms with Gasteiger partial charge < -0.3 is 19.9 Å². The molecule has 30 heavy (non-hydrogen) atoms. The average Bonchev–Trinajstić information content (AvgIpc) is 3.03. The van der Waals surface area contributed by atoms with Gasteiger partial charge >= 0.3 is 0 Å². The van der Waals surface area contributed by atoms with Crippen molar-refractivity contribution in [1.82, 2.24) is 15.2 Å². The third kappa shape index (κ3) is 3.27. The highest BCUT2D eigenvalue weighted by atomic mass is 16.5. The number of aromatic amines is 1. The maximum Gasteiger partial charge on any atom is 0.251 e. The number of ether oxygens (including phenoxy) is 1. The Bertz CT molecular complexity index is 1110. The molecule has 0 bridgehead atoms. The minimum Gasteiger partial charge on any atom is -0.487 e. The summed E-state index contributed by atoms with van der Waals surface area (Å²) in [5.74, 6) is 0.881. The highest BCUT2D eigenvalue weighted by molar-refractivity contribution is 5.99. The molecule has 2 aliphatic rings. The van der Waals surface area contributed by atoms with Gasteiger partial charge in [0.25, 0.3) is 5.91 Å². The molecule has 2 aliphatic heterocycles. The van der Waals surface area contributed by atoms with E-state index in [1.807, 2.05) is 36.4 Å². The van der Waals surface area contributed by atoms with Crippen molar-refractivity contribution in [3.05, 3.63) is 64.8 Å². The van der Waals surface area contributed by atoms with Crippen LogP contribution in [0, 0.1) is 13.8 Å². The number of aryl methyl sites for hydroxylation is 2. The molecule has 5 rings (SSSR count). The van der Waals surface area contributed by atoms with Gasteiger partial charge in [0, 0.05) is 47.2 Å². The molecule has 0 aliphatic carbocycles. The van der Waals surface area contributed by atoms with E-state index < -0.39 is 0 Å². The van der Waals surface area contributed by atoms with Gasteiger partial charge in [-0.05, 0) is 63.6 Å². The minimum absolute atomic E-state index is 0.0278. The smallest absolute Gasteiger partial charge is 0.251 e. The number of piperidine rings is 1. The topological polar surface area (TPSA) is 57.4 Å². The molecule has 0 saturated carbocycles. The van der Waals surface area contributed by atoms with Crippen LogP contribution in [0.15, 0.2) is 42.5 Å². The van der Waals surface area contributed by atoms with Crippen LogP contribution in [0.1, 0.15) is 52.5 Å². The molecular formula is C25H29N3O2. The fourth-order valence-corrected chi connectivity index (χ4v) is 4.92. The first-order valence-corrected chi connectivity index (χ1v) is 10.8. The Morgan fingerprint density at radius 3 is 2.73 bits per heavy atom. The van der Waals surface area contributed by atoms with Crippen molar-refractivity contribution < 1.29 is 9.53 Å². The van der Waals surface area contributed by atoms with Crippen molar-refractivity contribution >= 4 is 16.8 Å². The summed E-state index contributed by atoms with van der Waals surface area (Å²) in [6.07, 6.45) is 2.78. The molecule has 3 heterocycles. The van der Waals surface area contributed by atoms with E-state index in [2.05, 4.69) is 42.2 Å². The zero-order valence-electron chi connectivity index (χ0n) is 17.9. The van der Waals surface area contributed by atoms with E-state index in [9.17, 15) is 4.79 Å². The lowest BCUT2D eigenvalue weighted by Gasteiger charge is -2.46. The number of H-pyrrole nitrogens is 1. The molecule has 1 aromatic heterocycles. The molecule has 1 fully saturated rings. The number of para-hydroxylation sites is 1. The van der Waals surface area contributed by atoms with E-state index in [0.29, 0.717) is 5.56 Å². The van der Waals surface area contributed by atoms with Gasteiger partial charge in [0.05, 0.1) is 6.04 Å². The Balaban J connectivity index is 1.44. The number of aromatic nitrogens is 1. The van der Waals surface area contributed by atoms with Gasteiger partial charge in [-0.2, -0.15) is 0 Å². The summed E-state index contributed by atoms with van der Waals surface area (Å²) >= 11 is 0. The highest BCUT2D eigenvalue weighted by Gasteiger charge is 2.43. The van der Waals surface area contributed by atoms with Crippen LogP contribution in [0.2, 0.25) is 0 Å². The number of benzene rings is 2. The van der Waals surface area contributed by atoms with Crippen LogP contribution in [0.5, 0.6) is 5.75 Å². The Hall–Kier alpha value is -2.79. The molecule has 1 unspecified atom stereocenters. The first-order valence-electron chi connectivity index (χ1n) is 10.8. The molecule has 1 spiro atoms. The molecule has 2 aromatic carbocycles. The van der Waals surface area contributed by atoms with Crippen LogP contribution in [0.25, 0.3) is 10.9 Å². The lowest BCUT2D eigenvalue weighted by atomic mass is 9.80. The van der Waals surface area contributed by atoms with Gasteiger partial charge in [-0.15, -0.1) is 0 Å². The monoisotopic (exact) mass is 403 g/mol. The summed E-state index contributed by atoms with van der Waals surface area (Å²) in [6, 6.07) is 14.0. The standard InChI is InChI=1S/C25H29N3O2/c1-16-17(2)26-21-9-8-18(14-20(16)21)24(29)27-22-15-25(10-12-28(3)13-11-25)30-23-7-5-4-6-19(22)23/h4-9,14,22,26H,10-13,15H2,1-3H3,(H,27,29). The third-order valence-corrected chi connectivity index (χ3v) is 6.97. The van der Waals surface area contributed by atoms with Crippen LogP contribution in [-0.2, 0) is 0 Å². The Labute approximate surface area is 177 Å².